The molecule has 1 amide bonds. The fourth-order valence-electron chi connectivity index (χ4n) is 3.03. The van der Waals surface area contributed by atoms with E-state index in [9.17, 15) is 4.79 Å². The summed E-state index contributed by atoms with van der Waals surface area (Å²) in [7, 11) is 0. The molecular weight excluding hydrogens is 384 g/mol. The molecule has 1 atom stereocenters. The second-order valence-electron chi connectivity index (χ2n) is 6.53. The average Bonchev–Trinajstić information content (AvgIpc) is 3.46. The van der Waals surface area contributed by atoms with Gasteiger partial charge in [-0.15, -0.1) is 16.4 Å². The lowest BCUT2D eigenvalue weighted by Crippen LogP contribution is -2.35. The van der Waals surface area contributed by atoms with E-state index in [1.54, 1.807) is 11.3 Å². The molecule has 0 aliphatic rings. The van der Waals surface area contributed by atoms with Crippen LogP contribution < -0.4 is 5.32 Å². The van der Waals surface area contributed by atoms with E-state index in [-0.39, 0.29) is 5.91 Å². The molecule has 0 aliphatic carbocycles. The van der Waals surface area contributed by atoms with Gasteiger partial charge in [0, 0.05) is 30.3 Å². The number of hydrogen-bond donors (Lipinski definition) is 1. The first kappa shape index (κ1) is 18.9. The smallest absolute Gasteiger partial charge is 0.245 e. The molecule has 29 heavy (non-hydrogen) atoms. The molecule has 0 saturated heterocycles. The molecule has 0 spiro atoms. The van der Waals surface area contributed by atoms with Gasteiger partial charge in [-0.1, -0.05) is 60.7 Å². The Morgan fingerprint density at radius 3 is 2.55 bits per heavy atom. The number of carbonyl (C=O) groups is 1. The van der Waals surface area contributed by atoms with Gasteiger partial charge >= 0.3 is 0 Å². The number of nitrogens with zero attached hydrogens (tertiary/aromatic N) is 5. The zero-order chi connectivity index (χ0) is 19.9. The fourth-order valence-corrected chi connectivity index (χ4v) is 3.84. The Balaban J connectivity index is 1.36. The van der Waals surface area contributed by atoms with Gasteiger partial charge in [0.2, 0.25) is 5.91 Å². The van der Waals surface area contributed by atoms with Crippen molar-refractivity contribution in [3.05, 3.63) is 82.9 Å². The number of nitrogens with one attached hydrogen (secondary N) is 1. The average molecular weight is 404 g/mol. The minimum atomic E-state index is -0.497. The van der Waals surface area contributed by atoms with Crippen LogP contribution in [0.3, 0.4) is 0 Å². The van der Waals surface area contributed by atoms with Gasteiger partial charge in [-0.3, -0.25) is 4.79 Å². The number of tetrazole rings is 1. The van der Waals surface area contributed by atoms with Gasteiger partial charge in [0.15, 0.2) is 0 Å². The first-order chi connectivity index (χ1) is 14.3. The monoisotopic (exact) mass is 404 g/mol. The number of hydrogen-bond acceptors (Lipinski definition) is 6. The molecule has 0 bridgehead atoms. The van der Waals surface area contributed by atoms with E-state index in [1.165, 1.54) is 11.0 Å². The third kappa shape index (κ3) is 4.91. The Labute approximate surface area is 172 Å². The van der Waals surface area contributed by atoms with Crippen LogP contribution >= 0.6 is 11.3 Å². The molecule has 1 unspecified atom stereocenters. The van der Waals surface area contributed by atoms with Crippen LogP contribution in [0.15, 0.2) is 72.4 Å². The van der Waals surface area contributed by atoms with Gasteiger partial charge in [-0.25, -0.2) is 9.67 Å². The van der Waals surface area contributed by atoms with Gasteiger partial charge in [0.05, 0.1) is 10.7 Å². The van der Waals surface area contributed by atoms with Crippen molar-refractivity contribution >= 4 is 17.2 Å². The van der Waals surface area contributed by atoms with Crippen LogP contribution in [0.5, 0.6) is 0 Å². The molecule has 2 aromatic heterocycles. The largest absolute Gasteiger partial charge is 0.354 e. The lowest BCUT2D eigenvalue weighted by Gasteiger charge is -2.16. The van der Waals surface area contributed by atoms with E-state index in [2.05, 4.69) is 25.8 Å². The van der Waals surface area contributed by atoms with Crippen LogP contribution in [0.2, 0.25) is 0 Å². The lowest BCUT2D eigenvalue weighted by atomic mass is 10.1. The number of benzene rings is 2. The summed E-state index contributed by atoms with van der Waals surface area (Å²) in [5, 5.41) is 17.3. The molecule has 7 nitrogen and oxygen atoms in total. The maximum absolute atomic E-state index is 12.8. The summed E-state index contributed by atoms with van der Waals surface area (Å²) >= 11 is 1.60. The van der Waals surface area contributed by atoms with Crippen LogP contribution in [-0.4, -0.2) is 37.6 Å². The molecule has 0 fully saturated rings. The highest BCUT2D eigenvalue weighted by Gasteiger charge is 2.22. The first-order valence-corrected chi connectivity index (χ1v) is 10.2. The topological polar surface area (TPSA) is 85.6 Å². The van der Waals surface area contributed by atoms with E-state index in [0.29, 0.717) is 19.4 Å². The van der Waals surface area contributed by atoms with E-state index in [1.807, 2.05) is 66.0 Å². The molecule has 1 N–H and O–H groups in total. The predicted octanol–water partition coefficient (Wildman–Crippen LogP) is 2.94. The minimum Gasteiger partial charge on any atom is -0.354 e. The van der Waals surface area contributed by atoms with Gasteiger partial charge in [0.1, 0.15) is 12.4 Å². The molecule has 4 aromatic rings. The summed E-state index contributed by atoms with van der Waals surface area (Å²) < 4.78 is 1.50. The highest BCUT2D eigenvalue weighted by atomic mass is 32.1. The molecule has 2 heterocycles. The maximum atomic E-state index is 12.8. The van der Waals surface area contributed by atoms with Gasteiger partial charge in [-0.2, -0.15) is 0 Å². The SMILES string of the molecule is O=C(NCCc1nc(-c2ccccc2)cs1)C(Cc1ccccc1)n1cnnn1. The lowest BCUT2D eigenvalue weighted by molar-refractivity contribution is -0.124. The summed E-state index contributed by atoms with van der Waals surface area (Å²) in [5.41, 5.74) is 3.11. The molecule has 146 valence electrons. The van der Waals surface area contributed by atoms with E-state index in [0.717, 1.165) is 21.8 Å². The second kappa shape index (κ2) is 9.20. The normalized spacial score (nSPS) is 11.9. The predicted molar refractivity (Wildman–Crippen MR) is 111 cm³/mol. The zero-order valence-electron chi connectivity index (χ0n) is 15.7. The standard InChI is InChI=1S/C21H20N6OS/c28-21(19(27-15-23-25-26-27)13-16-7-3-1-4-8-16)22-12-11-20-24-18(14-29-20)17-9-5-2-6-10-17/h1-10,14-15,19H,11-13H2,(H,22,28). The van der Waals surface area contributed by atoms with Crippen molar-refractivity contribution < 1.29 is 4.79 Å². The van der Waals surface area contributed by atoms with Crippen LogP contribution in [0, 0.1) is 0 Å². The Hall–Kier alpha value is -3.39. The number of thiazole rings is 1. The van der Waals surface area contributed by atoms with Crippen molar-refractivity contribution in [2.24, 2.45) is 0 Å². The summed E-state index contributed by atoms with van der Waals surface area (Å²) in [6.45, 7) is 0.508. The quantitative estimate of drug-likeness (QED) is 0.488. The number of amides is 1. The van der Waals surface area contributed by atoms with Crippen molar-refractivity contribution in [3.8, 4) is 11.3 Å². The van der Waals surface area contributed by atoms with Crippen molar-refractivity contribution in [3.63, 3.8) is 0 Å². The van der Waals surface area contributed by atoms with Crippen LogP contribution in [0.4, 0.5) is 0 Å². The Morgan fingerprint density at radius 1 is 1.07 bits per heavy atom. The third-order valence-corrected chi connectivity index (χ3v) is 5.43. The van der Waals surface area contributed by atoms with Crippen LogP contribution in [-0.2, 0) is 17.6 Å². The number of carbonyl (C=O) groups excluding carboxylic acids is 1. The number of rotatable bonds is 8. The molecule has 4 rings (SSSR count). The fraction of sp³-hybridized carbons (Fsp3) is 0.190. The molecule has 8 heteroatoms. The Morgan fingerprint density at radius 2 is 1.83 bits per heavy atom. The van der Waals surface area contributed by atoms with E-state index >= 15 is 0 Å². The van der Waals surface area contributed by atoms with Gasteiger partial charge in [0.25, 0.3) is 0 Å². The van der Waals surface area contributed by atoms with E-state index < -0.39 is 6.04 Å². The molecule has 2 aromatic carbocycles. The summed E-state index contributed by atoms with van der Waals surface area (Å²) in [4.78, 5) is 17.5. The second-order valence-corrected chi connectivity index (χ2v) is 7.47. The van der Waals surface area contributed by atoms with E-state index in [4.69, 9.17) is 0 Å². The van der Waals surface area contributed by atoms with Gasteiger partial charge in [-0.05, 0) is 16.0 Å². The van der Waals surface area contributed by atoms with Crippen molar-refractivity contribution in [1.29, 1.82) is 0 Å². The zero-order valence-corrected chi connectivity index (χ0v) is 16.5. The third-order valence-electron chi connectivity index (χ3n) is 4.52. The highest BCUT2D eigenvalue weighted by molar-refractivity contribution is 7.09. The van der Waals surface area contributed by atoms with Crippen molar-refractivity contribution in [2.75, 3.05) is 6.54 Å². The van der Waals surface area contributed by atoms with Crippen molar-refractivity contribution in [1.82, 2.24) is 30.5 Å². The number of aromatic nitrogens is 5. The van der Waals surface area contributed by atoms with Crippen LogP contribution in [0.1, 0.15) is 16.6 Å². The van der Waals surface area contributed by atoms with Gasteiger partial charge < -0.3 is 5.32 Å². The molecule has 0 aliphatic heterocycles. The Kier molecular flexibility index (Phi) is 6.01. The molecular formula is C21H20N6OS. The molecule has 0 radical (unpaired) electrons. The molecule has 0 saturated carbocycles. The summed E-state index contributed by atoms with van der Waals surface area (Å²) in [5.74, 6) is -0.110. The summed E-state index contributed by atoms with van der Waals surface area (Å²) in [6.07, 6.45) is 2.67. The Bertz CT molecular complexity index is 1030. The maximum Gasteiger partial charge on any atom is 0.245 e. The van der Waals surface area contributed by atoms with Crippen LogP contribution in [0.25, 0.3) is 11.3 Å². The minimum absolute atomic E-state index is 0.110. The first-order valence-electron chi connectivity index (χ1n) is 9.33. The summed E-state index contributed by atoms with van der Waals surface area (Å²) in [6, 6.07) is 19.4. The highest BCUT2D eigenvalue weighted by Crippen LogP contribution is 2.21. The van der Waals surface area contributed by atoms with Crippen molar-refractivity contribution in [2.45, 2.75) is 18.9 Å².